The van der Waals surface area contributed by atoms with E-state index in [9.17, 15) is 0 Å². The summed E-state index contributed by atoms with van der Waals surface area (Å²) in [6.45, 7) is 8.99. The van der Waals surface area contributed by atoms with Crippen LogP contribution in [0.15, 0.2) is 42.1 Å². The van der Waals surface area contributed by atoms with Gasteiger partial charge >= 0.3 is 0 Å². The summed E-state index contributed by atoms with van der Waals surface area (Å²) >= 11 is 0. The second-order valence-electron chi connectivity index (χ2n) is 1.61. The molecule has 0 aliphatic carbocycles. The van der Waals surface area contributed by atoms with Crippen LogP contribution >= 0.6 is 0 Å². The standard InChI is InChI=1S/C8H11N/c1-4-6-9-7-8(3)5-2/h4-7H,1-2H2,3H3/b8-7-,9-6-. The van der Waals surface area contributed by atoms with Gasteiger partial charge in [0.1, 0.15) is 0 Å². The summed E-state index contributed by atoms with van der Waals surface area (Å²) in [6.07, 6.45) is 6.75. The molecule has 0 unspecified atom stereocenters. The predicted octanol–water partition coefficient (Wildman–Crippen LogP) is 2.33. The molecule has 0 bridgehead atoms. The van der Waals surface area contributed by atoms with Crippen LogP contribution in [0.3, 0.4) is 0 Å². The summed E-state index contributed by atoms with van der Waals surface area (Å²) < 4.78 is 0. The molecule has 48 valence electrons. The van der Waals surface area contributed by atoms with Crippen molar-refractivity contribution in [3.05, 3.63) is 37.1 Å². The van der Waals surface area contributed by atoms with Crippen LogP contribution in [0.1, 0.15) is 6.92 Å². The zero-order valence-corrected chi connectivity index (χ0v) is 5.67. The van der Waals surface area contributed by atoms with E-state index >= 15 is 0 Å². The Kier molecular flexibility index (Phi) is 4.41. The van der Waals surface area contributed by atoms with Crippen molar-refractivity contribution in [3.63, 3.8) is 0 Å². The molecule has 0 aromatic rings. The van der Waals surface area contributed by atoms with E-state index in [0.717, 1.165) is 5.57 Å². The lowest BCUT2D eigenvalue weighted by Gasteiger charge is -1.81. The molecule has 0 saturated heterocycles. The minimum atomic E-state index is 1.05. The van der Waals surface area contributed by atoms with E-state index in [4.69, 9.17) is 0 Å². The van der Waals surface area contributed by atoms with Crippen molar-refractivity contribution in [2.75, 3.05) is 0 Å². The molecule has 0 fully saturated rings. The molecule has 0 aromatic heterocycles. The van der Waals surface area contributed by atoms with Crippen LogP contribution in [-0.4, -0.2) is 6.21 Å². The van der Waals surface area contributed by atoms with Gasteiger partial charge in [0, 0.05) is 12.4 Å². The van der Waals surface area contributed by atoms with E-state index in [-0.39, 0.29) is 0 Å². The van der Waals surface area contributed by atoms with Crippen LogP contribution in [0.25, 0.3) is 0 Å². The van der Waals surface area contributed by atoms with Crippen LogP contribution in [0.5, 0.6) is 0 Å². The maximum atomic E-state index is 3.88. The van der Waals surface area contributed by atoms with E-state index in [1.165, 1.54) is 0 Å². The molecule has 0 amide bonds. The van der Waals surface area contributed by atoms with Gasteiger partial charge in [0.05, 0.1) is 0 Å². The largest absolute Gasteiger partial charge is 0.264 e. The summed E-state index contributed by atoms with van der Waals surface area (Å²) in [5, 5.41) is 0. The Morgan fingerprint density at radius 2 is 2.11 bits per heavy atom. The van der Waals surface area contributed by atoms with Crippen LogP contribution in [-0.2, 0) is 0 Å². The molecule has 0 rings (SSSR count). The predicted molar refractivity (Wildman–Crippen MR) is 42.6 cm³/mol. The van der Waals surface area contributed by atoms with Gasteiger partial charge in [-0.15, -0.1) is 0 Å². The molecule has 0 aliphatic rings. The smallest absolute Gasteiger partial charge is 0.0296 e. The lowest BCUT2D eigenvalue weighted by molar-refractivity contribution is 1.44. The van der Waals surface area contributed by atoms with Gasteiger partial charge in [-0.3, -0.25) is 4.99 Å². The fourth-order valence-electron chi connectivity index (χ4n) is 0.274. The molecule has 0 spiro atoms. The number of rotatable bonds is 3. The van der Waals surface area contributed by atoms with Crippen molar-refractivity contribution in [1.82, 2.24) is 0 Å². The van der Waals surface area contributed by atoms with Crippen molar-refractivity contribution >= 4 is 6.21 Å². The summed E-state index contributed by atoms with van der Waals surface area (Å²) in [5.74, 6) is 0. The van der Waals surface area contributed by atoms with Gasteiger partial charge in [-0.25, -0.2) is 0 Å². The van der Waals surface area contributed by atoms with Gasteiger partial charge in [0.2, 0.25) is 0 Å². The van der Waals surface area contributed by atoms with Gasteiger partial charge in [0.25, 0.3) is 0 Å². The first kappa shape index (κ1) is 7.89. The van der Waals surface area contributed by atoms with E-state index in [1.807, 2.05) is 6.92 Å². The van der Waals surface area contributed by atoms with Crippen molar-refractivity contribution in [2.24, 2.45) is 4.99 Å². The Labute approximate surface area is 56.1 Å². The molecule has 1 heteroatoms. The Balaban J connectivity index is 3.81. The van der Waals surface area contributed by atoms with E-state index in [0.29, 0.717) is 0 Å². The third-order valence-electron chi connectivity index (χ3n) is 0.792. The molecular weight excluding hydrogens is 110 g/mol. The third kappa shape index (κ3) is 4.75. The normalized spacial score (nSPS) is 11.9. The first-order valence-corrected chi connectivity index (χ1v) is 2.74. The molecule has 0 atom stereocenters. The Morgan fingerprint density at radius 3 is 2.56 bits per heavy atom. The first-order valence-electron chi connectivity index (χ1n) is 2.74. The average Bonchev–Trinajstić information content (AvgIpc) is 1.89. The Morgan fingerprint density at radius 1 is 1.44 bits per heavy atom. The highest BCUT2D eigenvalue weighted by atomic mass is 14.7. The van der Waals surface area contributed by atoms with Crippen molar-refractivity contribution in [3.8, 4) is 0 Å². The highest BCUT2D eigenvalue weighted by Gasteiger charge is 1.71. The van der Waals surface area contributed by atoms with Crippen molar-refractivity contribution < 1.29 is 0 Å². The topological polar surface area (TPSA) is 12.4 Å². The summed E-state index contributed by atoms with van der Waals surface area (Å²) in [7, 11) is 0. The second kappa shape index (κ2) is 5.04. The summed E-state index contributed by atoms with van der Waals surface area (Å²) in [4.78, 5) is 3.88. The van der Waals surface area contributed by atoms with Crippen LogP contribution in [0, 0.1) is 0 Å². The van der Waals surface area contributed by atoms with Gasteiger partial charge < -0.3 is 0 Å². The highest BCUT2D eigenvalue weighted by Crippen LogP contribution is 1.90. The maximum Gasteiger partial charge on any atom is 0.0296 e. The van der Waals surface area contributed by atoms with Crippen LogP contribution < -0.4 is 0 Å². The molecule has 0 heterocycles. The van der Waals surface area contributed by atoms with Crippen molar-refractivity contribution in [1.29, 1.82) is 0 Å². The number of nitrogens with zero attached hydrogens (tertiary/aromatic N) is 1. The Hall–Kier alpha value is -1.11. The number of aliphatic imine (C=N–C) groups is 1. The van der Waals surface area contributed by atoms with Gasteiger partial charge in [-0.05, 0) is 12.5 Å². The SMILES string of the molecule is C=C/C=N\C=C(\C)C=C. The van der Waals surface area contributed by atoms with Crippen LogP contribution in [0.4, 0.5) is 0 Å². The second-order valence-corrected chi connectivity index (χ2v) is 1.61. The average molecular weight is 121 g/mol. The Bertz CT molecular complexity index is 152. The van der Waals surface area contributed by atoms with E-state index < -0.39 is 0 Å². The fourth-order valence-corrected chi connectivity index (χ4v) is 0.274. The molecule has 0 aromatic carbocycles. The van der Waals surface area contributed by atoms with Crippen molar-refractivity contribution in [2.45, 2.75) is 6.92 Å². The fraction of sp³-hybridized carbons (Fsp3) is 0.125. The van der Waals surface area contributed by atoms with Gasteiger partial charge in [-0.1, -0.05) is 25.3 Å². The quantitative estimate of drug-likeness (QED) is 0.401. The zero-order valence-electron chi connectivity index (χ0n) is 5.67. The summed E-state index contributed by atoms with van der Waals surface area (Å²) in [5.41, 5.74) is 1.05. The van der Waals surface area contributed by atoms with Crippen LogP contribution in [0.2, 0.25) is 0 Å². The molecule has 0 saturated carbocycles. The van der Waals surface area contributed by atoms with E-state index in [1.54, 1.807) is 24.6 Å². The van der Waals surface area contributed by atoms with E-state index in [2.05, 4.69) is 18.2 Å². The molecular formula is C8H11N. The molecule has 0 radical (unpaired) electrons. The number of hydrogen-bond acceptors (Lipinski definition) is 1. The summed E-state index contributed by atoms with van der Waals surface area (Å²) in [6, 6.07) is 0. The number of allylic oxidation sites excluding steroid dienone is 3. The first-order chi connectivity index (χ1) is 4.31. The third-order valence-corrected chi connectivity index (χ3v) is 0.792. The number of hydrogen-bond donors (Lipinski definition) is 0. The van der Waals surface area contributed by atoms with Gasteiger partial charge in [0.15, 0.2) is 0 Å². The zero-order chi connectivity index (χ0) is 7.11. The minimum absolute atomic E-state index is 1.05. The highest BCUT2D eigenvalue weighted by molar-refractivity contribution is 5.70. The molecule has 1 nitrogen and oxygen atoms in total. The lowest BCUT2D eigenvalue weighted by Crippen LogP contribution is -1.63. The lowest BCUT2D eigenvalue weighted by atomic mass is 10.3. The molecule has 0 N–H and O–H groups in total. The molecule has 9 heavy (non-hydrogen) atoms. The maximum absolute atomic E-state index is 3.88. The monoisotopic (exact) mass is 121 g/mol. The minimum Gasteiger partial charge on any atom is -0.264 e. The molecule has 0 aliphatic heterocycles. The van der Waals surface area contributed by atoms with Gasteiger partial charge in [-0.2, -0.15) is 0 Å².